The molecule has 252 valence electrons. The number of hydrogen-bond acceptors (Lipinski definition) is 8. The van der Waals surface area contributed by atoms with Crippen LogP contribution in [0.1, 0.15) is 56.7 Å². The Labute approximate surface area is 279 Å². The number of carbonyl (C=O) groups is 2. The molecule has 3 heterocycles. The van der Waals surface area contributed by atoms with Crippen LogP contribution < -0.4 is 0 Å². The van der Waals surface area contributed by atoms with E-state index >= 15 is 0 Å². The van der Waals surface area contributed by atoms with Gasteiger partial charge in [-0.15, -0.1) is 5.10 Å². The lowest BCUT2D eigenvalue weighted by Gasteiger charge is -2.48. The fourth-order valence-corrected chi connectivity index (χ4v) is 6.45. The van der Waals surface area contributed by atoms with E-state index in [-0.39, 0.29) is 29.7 Å². The molecule has 13 heteroatoms. The molecule has 0 spiro atoms. The lowest BCUT2D eigenvalue weighted by molar-refractivity contribution is -0.313. The molecule has 2 aliphatic rings. The zero-order valence-electron chi connectivity index (χ0n) is 26.5. The lowest BCUT2D eigenvalue weighted by Crippen LogP contribution is -2.62. The summed E-state index contributed by atoms with van der Waals surface area (Å²) in [5, 5.41) is 8.74. The largest absolute Gasteiger partial charge is 0.457 e. The van der Waals surface area contributed by atoms with Crippen molar-refractivity contribution >= 4 is 23.4 Å². The van der Waals surface area contributed by atoms with Gasteiger partial charge in [-0.2, -0.15) is 0 Å². The van der Waals surface area contributed by atoms with Crippen molar-refractivity contribution in [2.45, 2.75) is 76.3 Å². The van der Waals surface area contributed by atoms with Crippen molar-refractivity contribution in [3.05, 3.63) is 106 Å². The number of halogens is 4. The van der Waals surface area contributed by atoms with Crippen LogP contribution in [0, 0.1) is 17.5 Å². The van der Waals surface area contributed by atoms with E-state index in [2.05, 4.69) is 10.3 Å². The summed E-state index contributed by atoms with van der Waals surface area (Å²) in [5.41, 5.74) is 1.91. The molecule has 2 aliphatic heterocycles. The first kappa shape index (κ1) is 33.8. The molecule has 2 saturated heterocycles. The quantitative estimate of drug-likeness (QED) is 0.161. The van der Waals surface area contributed by atoms with E-state index in [1.807, 2.05) is 57.2 Å². The van der Waals surface area contributed by atoms with Gasteiger partial charge in [0, 0.05) is 29.5 Å². The minimum Gasteiger partial charge on any atom is -0.457 e. The third-order valence-corrected chi connectivity index (χ3v) is 8.61. The highest BCUT2D eigenvalue weighted by atomic mass is 35.5. The Balaban J connectivity index is 1.41. The summed E-state index contributed by atoms with van der Waals surface area (Å²) in [4.78, 5) is 26.8. The van der Waals surface area contributed by atoms with Crippen LogP contribution in [-0.4, -0.2) is 57.8 Å². The van der Waals surface area contributed by atoms with E-state index in [0.29, 0.717) is 16.1 Å². The second-order valence-corrected chi connectivity index (χ2v) is 13.3. The van der Waals surface area contributed by atoms with Crippen LogP contribution in [0.25, 0.3) is 11.3 Å². The minimum atomic E-state index is -1.62. The van der Waals surface area contributed by atoms with Gasteiger partial charge in [0.05, 0.1) is 12.8 Å². The Bertz CT molecular complexity index is 1810. The molecular weight excluding hydrogens is 651 g/mol. The molecule has 1 aromatic heterocycles. The number of Topliss-reactive ketones (excluding diaryl/α,β-unsaturated/α-hetero) is 1. The maximum atomic E-state index is 14.2. The average molecular weight is 684 g/mol. The third-order valence-electron chi connectivity index (χ3n) is 8.38. The molecule has 0 N–H and O–H groups in total. The average Bonchev–Trinajstić information content (AvgIpc) is 3.52. The summed E-state index contributed by atoms with van der Waals surface area (Å²) in [6, 6.07) is 15.1. The summed E-state index contributed by atoms with van der Waals surface area (Å²) in [6.07, 6.45) is -3.88. The van der Waals surface area contributed by atoms with Gasteiger partial charge in [-0.1, -0.05) is 74.0 Å². The number of ketones is 1. The fraction of sp³-hybridized carbons (Fsp3) is 0.371. The molecule has 2 fully saturated rings. The van der Waals surface area contributed by atoms with Crippen LogP contribution in [0.15, 0.2) is 66.9 Å². The fourth-order valence-electron chi connectivity index (χ4n) is 6.25. The van der Waals surface area contributed by atoms with Crippen LogP contribution in [0.5, 0.6) is 0 Å². The molecule has 6 atom stereocenters. The molecule has 9 nitrogen and oxygen atoms in total. The van der Waals surface area contributed by atoms with E-state index in [1.54, 1.807) is 12.1 Å². The number of aromatic nitrogens is 3. The van der Waals surface area contributed by atoms with Crippen molar-refractivity contribution in [3.63, 3.8) is 0 Å². The highest BCUT2D eigenvalue weighted by molar-refractivity contribution is 6.30. The minimum absolute atomic E-state index is 0.000656. The number of ether oxygens (including phenoxy) is 4. The number of rotatable bonds is 7. The van der Waals surface area contributed by atoms with Crippen LogP contribution >= 0.6 is 11.6 Å². The number of esters is 1. The van der Waals surface area contributed by atoms with Crippen LogP contribution in [0.2, 0.25) is 5.02 Å². The SMILES string of the molecule is CC(=O)O[C@H]1C(C(=O)Cc2cc(Cl)ccc2C(C)(C)C)O[C@@H]2COC(c3ccccc3)O[C@@H]2[C@@H]1n1cc(-c2cc(F)c(F)c(F)c2)nn1. The molecule has 6 rings (SSSR count). The number of fused-ring (bicyclic) bond motifs is 1. The van der Waals surface area contributed by atoms with Crippen molar-refractivity contribution in [2.24, 2.45) is 0 Å². The second-order valence-electron chi connectivity index (χ2n) is 12.9. The zero-order valence-corrected chi connectivity index (χ0v) is 27.3. The molecule has 0 saturated carbocycles. The highest BCUT2D eigenvalue weighted by Gasteiger charge is 2.54. The summed E-state index contributed by atoms with van der Waals surface area (Å²) in [7, 11) is 0. The molecule has 0 aliphatic carbocycles. The normalized spacial score (nSPS) is 24.2. The van der Waals surface area contributed by atoms with E-state index in [0.717, 1.165) is 17.7 Å². The van der Waals surface area contributed by atoms with Crippen molar-refractivity contribution in [1.82, 2.24) is 15.0 Å². The van der Waals surface area contributed by atoms with Crippen molar-refractivity contribution in [3.8, 4) is 11.3 Å². The number of benzene rings is 3. The molecule has 0 amide bonds. The van der Waals surface area contributed by atoms with Gasteiger partial charge in [0.25, 0.3) is 0 Å². The summed E-state index contributed by atoms with van der Waals surface area (Å²) >= 11 is 6.34. The first-order valence-corrected chi connectivity index (χ1v) is 15.7. The van der Waals surface area contributed by atoms with Gasteiger partial charge < -0.3 is 18.9 Å². The third kappa shape index (κ3) is 6.88. The van der Waals surface area contributed by atoms with E-state index in [9.17, 15) is 22.8 Å². The molecule has 0 radical (unpaired) electrons. The monoisotopic (exact) mass is 683 g/mol. The first-order chi connectivity index (χ1) is 22.8. The van der Waals surface area contributed by atoms with Crippen LogP contribution in [0.4, 0.5) is 13.2 Å². The number of nitrogens with zero attached hydrogens (tertiary/aromatic N) is 3. The summed E-state index contributed by atoms with van der Waals surface area (Å²) < 4.78 is 67.9. The van der Waals surface area contributed by atoms with Crippen molar-refractivity contribution in [1.29, 1.82) is 0 Å². The maximum absolute atomic E-state index is 14.2. The van der Waals surface area contributed by atoms with E-state index in [4.69, 9.17) is 30.5 Å². The first-order valence-electron chi connectivity index (χ1n) is 15.3. The molecule has 0 bridgehead atoms. The Hall–Kier alpha value is -4.10. The van der Waals surface area contributed by atoms with Gasteiger partial charge in [0.2, 0.25) is 0 Å². The van der Waals surface area contributed by atoms with E-state index in [1.165, 1.54) is 17.8 Å². The smallest absolute Gasteiger partial charge is 0.303 e. The summed E-state index contributed by atoms with van der Waals surface area (Å²) in [6.45, 7) is 7.27. The molecular formula is C35H33ClF3N3O6. The second kappa shape index (κ2) is 13.4. The zero-order chi connectivity index (χ0) is 34.3. The molecule has 48 heavy (non-hydrogen) atoms. The topological polar surface area (TPSA) is 102 Å². The molecule has 3 aromatic carbocycles. The van der Waals surface area contributed by atoms with Gasteiger partial charge in [-0.05, 0) is 40.8 Å². The van der Waals surface area contributed by atoms with Gasteiger partial charge in [0.15, 0.2) is 41.7 Å². The Morgan fingerprint density at radius 1 is 1.02 bits per heavy atom. The highest BCUT2D eigenvalue weighted by Crippen LogP contribution is 2.41. The predicted octanol–water partition coefficient (Wildman–Crippen LogP) is 6.48. The summed E-state index contributed by atoms with van der Waals surface area (Å²) in [5.74, 6) is -5.51. The Morgan fingerprint density at radius 3 is 2.40 bits per heavy atom. The molecule has 4 aromatic rings. The van der Waals surface area contributed by atoms with Crippen LogP contribution in [0.3, 0.4) is 0 Å². The number of carbonyl (C=O) groups excluding carboxylic acids is 2. The molecule has 2 unspecified atom stereocenters. The van der Waals surface area contributed by atoms with Gasteiger partial charge in [-0.3, -0.25) is 9.59 Å². The maximum Gasteiger partial charge on any atom is 0.303 e. The van der Waals surface area contributed by atoms with Crippen LogP contribution in [-0.2, 0) is 40.4 Å². The lowest BCUT2D eigenvalue weighted by atomic mass is 9.81. The van der Waals surface area contributed by atoms with Crippen molar-refractivity contribution < 1.29 is 41.7 Å². The van der Waals surface area contributed by atoms with Crippen molar-refractivity contribution in [2.75, 3.05) is 6.61 Å². The van der Waals surface area contributed by atoms with Gasteiger partial charge >= 0.3 is 5.97 Å². The standard InChI is InChI=1S/C35H33ClF3N3O6/c1-18(43)46-33-30(42-16-26(40-41-42)21-13-24(37)29(39)25(38)14-21)32-28(17-45-34(48-32)19-8-6-5-7-9-19)47-31(33)27(44)15-20-12-22(36)10-11-23(20)35(2,3)4/h5-14,16,28,30-34H,15,17H2,1-4H3/t28-,30+,31?,32+,33-,34?/m1/s1. The Kier molecular flexibility index (Phi) is 9.45. The predicted molar refractivity (Wildman–Crippen MR) is 167 cm³/mol. The number of hydrogen-bond donors (Lipinski definition) is 0. The van der Waals surface area contributed by atoms with E-state index < -0.39 is 66.0 Å². The van der Waals surface area contributed by atoms with Gasteiger partial charge in [-0.25, -0.2) is 17.9 Å². The van der Waals surface area contributed by atoms with Gasteiger partial charge in [0.1, 0.15) is 23.9 Å². The Morgan fingerprint density at radius 2 is 1.73 bits per heavy atom.